The van der Waals surface area contributed by atoms with Crippen LogP contribution in [0.4, 0.5) is 0 Å². The lowest BCUT2D eigenvalue weighted by molar-refractivity contribution is 0.569. The molecule has 0 fully saturated rings. The van der Waals surface area contributed by atoms with E-state index in [1.165, 1.54) is 86.4 Å². The van der Waals surface area contributed by atoms with Crippen LogP contribution < -0.4 is 27.3 Å². The van der Waals surface area contributed by atoms with E-state index in [-0.39, 0.29) is 10.8 Å². The third kappa shape index (κ3) is 5.05. The van der Waals surface area contributed by atoms with E-state index in [1.807, 2.05) is 11.3 Å². The highest BCUT2D eigenvalue weighted by Gasteiger charge is 2.25. The predicted octanol–water partition coefficient (Wildman–Crippen LogP) is 2.40. The van der Waals surface area contributed by atoms with E-state index >= 15 is 0 Å². The molecule has 0 aliphatic heterocycles. The maximum absolute atomic E-state index is 2.45. The van der Waals surface area contributed by atoms with E-state index in [0.717, 1.165) is 0 Å². The molecule has 41 heavy (non-hydrogen) atoms. The van der Waals surface area contributed by atoms with Crippen molar-refractivity contribution in [1.82, 2.24) is 0 Å². The molecule has 0 nitrogen and oxygen atoms in total. The zero-order valence-corrected chi connectivity index (χ0v) is 28.4. The standard InChI is InChI=1S/C35H43B5S/c1-17(2)25-22(27-29(36)31(38)33(40)32(39)30(27)37)12-13-24-28(25)26-21(10-9-11-23(26)41-24)18-14-19(34(3,4)5)16-20(15-18)35(6,7)8/h9-17H,36-40H2,1-8H3. The monoisotopic (exact) mass is 550 g/mol. The van der Waals surface area contributed by atoms with Crippen molar-refractivity contribution in [3.8, 4) is 22.3 Å². The Morgan fingerprint density at radius 2 is 1.10 bits per heavy atom. The summed E-state index contributed by atoms with van der Waals surface area (Å²) < 4.78 is 2.76. The van der Waals surface area contributed by atoms with Gasteiger partial charge < -0.3 is 0 Å². The normalized spacial score (nSPS) is 12.6. The van der Waals surface area contributed by atoms with Crippen molar-refractivity contribution < 1.29 is 0 Å². The van der Waals surface area contributed by atoms with Crippen molar-refractivity contribution in [1.29, 1.82) is 0 Å². The minimum Gasteiger partial charge on any atom is -0.135 e. The van der Waals surface area contributed by atoms with Gasteiger partial charge in [0.15, 0.2) is 0 Å². The van der Waals surface area contributed by atoms with E-state index in [9.17, 15) is 0 Å². The summed E-state index contributed by atoms with van der Waals surface area (Å²) in [6.07, 6.45) is 0. The van der Waals surface area contributed by atoms with Gasteiger partial charge >= 0.3 is 0 Å². The Balaban J connectivity index is 1.93. The quantitative estimate of drug-likeness (QED) is 0.303. The van der Waals surface area contributed by atoms with Crippen LogP contribution in [0.15, 0.2) is 48.5 Å². The van der Waals surface area contributed by atoms with Gasteiger partial charge in [-0.3, -0.25) is 0 Å². The Kier molecular flexibility index (Phi) is 7.51. The van der Waals surface area contributed by atoms with Crippen LogP contribution in [0.5, 0.6) is 0 Å². The van der Waals surface area contributed by atoms with E-state index in [0.29, 0.717) is 5.92 Å². The van der Waals surface area contributed by atoms with Gasteiger partial charge in [0.05, 0.1) is 0 Å². The van der Waals surface area contributed by atoms with Crippen molar-refractivity contribution in [2.45, 2.75) is 72.1 Å². The van der Waals surface area contributed by atoms with Crippen LogP contribution in [0.1, 0.15) is 78.0 Å². The van der Waals surface area contributed by atoms with Crippen LogP contribution in [-0.4, -0.2) is 39.2 Å². The van der Waals surface area contributed by atoms with E-state index in [2.05, 4.69) is 143 Å². The molecule has 0 spiro atoms. The molecule has 1 aromatic heterocycles. The molecule has 0 unspecified atom stereocenters. The van der Waals surface area contributed by atoms with Gasteiger partial charge in [0.25, 0.3) is 0 Å². The lowest BCUT2D eigenvalue weighted by Gasteiger charge is -2.26. The first-order chi connectivity index (χ1) is 19.0. The van der Waals surface area contributed by atoms with Gasteiger partial charge in [-0.25, -0.2) is 0 Å². The Morgan fingerprint density at radius 3 is 1.61 bits per heavy atom. The average Bonchev–Trinajstić information content (AvgIpc) is 3.28. The topological polar surface area (TPSA) is 0 Å². The lowest BCUT2D eigenvalue weighted by atomic mass is 9.59. The molecule has 0 amide bonds. The van der Waals surface area contributed by atoms with Crippen LogP contribution in [0.3, 0.4) is 0 Å². The molecule has 0 saturated heterocycles. The first-order valence-corrected chi connectivity index (χ1v) is 16.1. The summed E-state index contributed by atoms with van der Waals surface area (Å²) in [4.78, 5) is 0. The van der Waals surface area contributed by atoms with E-state index in [4.69, 9.17) is 0 Å². The maximum atomic E-state index is 2.45. The predicted molar refractivity (Wildman–Crippen MR) is 203 cm³/mol. The summed E-state index contributed by atoms with van der Waals surface area (Å²) in [7, 11) is 11.5. The van der Waals surface area contributed by atoms with Gasteiger partial charge in [-0.15, -0.1) is 27.7 Å². The largest absolute Gasteiger partial charge is 0.139 e. The smallest absolute Gasteiger partial charge is 0.135 e. The van der Waals surface area contributed by atoms with Gasteiger partial charge in [0, 0.05) is 20.2 Å². The first-order valence-electron chi connectivity index (χ1n) is 15.2. The van der Waals surface area contributed by atoms with Gasteiger partial charge in [-0.2, -0.15) is 0 Å². The number of thiophene rings is 1. The summed E-state index contributed by atoms with van der Waals surface area (Å²) in [5.41, 5.74) is 17.1. The van der Waals surface area contributed by atoms with Crippen molar-refractivity contribution in [3.63, 3.8) is 0 Å². The van der Waals surface area contributed by atoms with Crippen LogP contribution in [0.25, 0.3) is 42.4 Å². The third-order valence-electron chi connectivity index (χ3n) is 9.53. The molecule has 0 aliphatic rings. The van der Waals surface area contributed by atoms with Gasteiger partial charge in [0.2, 0.25) is 0 Å². The molecule has 204 valence electrons. The third-order valence-corrected chi connectivity index (χ3v) is 10.6. The second-order valence-corrected chi connectivity index (χ2v) is 15.7. The summed E-state index contributed by atoms with van der Waals surface area (Å²) >= 11 is 1.94. The molecule has 6 heteroatoms. The number of fused-ring (bicyclic) bond motifs is 3. The average molecular weight is 550 g/mol. The Hall–Kier alpha value is -2.58. The number of hydrogen-bond donors (Lipinski definition) is 0. The number of hydrogen-bond acceptors (Lipinski definition) is 1. The van der Waals surface area contributed by atoms with Gasteiger partial charge in [0.1, 0.15) is 39.2 Å². The van der Waals surface area contributed by atoms with Crippen molar-refractivity contribution >= 4 is 98.1 Å². The minimum absolute atomic E-state index is 0.0765. The molecule has 5 aromatic rings. The molecule has 4 aromatic carbocycles. The Bertz CT molecular complexity index is 1770. The summed E-state index contributed by atoms with van der Waals surface area (Å²) in [5.74, 6) is 0.395. The fourth-order valence-corrected chi connectivity index (χ4v) is 7.69. The van der Waals surface area contributed by atoms with Crippen molar-refractivity contribution in [3.05, 3.63) is 65.2 Å². The molecule has 0 aliphatic carbocycles. The van der Waals surface area contributed by atoms with Gasteiger partial charge in [-0.05, 0) is 67.8 Å². The molecule has 0 saturated carbocycles. The van der Waals surface area contributed by atoms with Crippen molar-refractivity contribution in [2.75, 3.05) is 0 Å². The highest BCUT2D eigenvalue weighted by Crippen LogP contribution is 2.46. The summed E-state index contributed by atoms with van der Waals surface area (Å²) in [5, 5.41) is 2.86. The second kappa shape index (κ2) is 10.3. The SMILES string of the molecule is Bc1c(B)c(B)c(-c2ccc3sc4cccc(-c5cc(C(C)(C)C)cc(C(C)(C)C)c5)c4c3c2C(C)C)c(B)c1B. The Morgan fingerprint density at radius 1 is 0.585 bits per heavy atom. The van der Waals surface area contributed by atoms with Crippen LogP contribution in [0.2, 0.25) is 0 Å². The van der Waals surface area contributed by atoms with Crippen LogP contribution in [-0.2, 0) is 10.8 Å². The molecule has 0 atom stereocenters. The fraction of sp³-hybridized carbons (Fsp3) is 0.314. The summed E-state index contributed by atoms with van der Waals surface area (Å²) in [6, 6.07) is 19.1. The molecule has 0 N–H and O–H groups in total. The summed E-state index contributed by atoms with van der Waals surface area (Å²) in [6.45, 7) is 18.7. The van der Waals surface area contributed by atoms with E-state index < -0.39 is 0 Å². The molecular weight excluding hydrogens is 507 g/mol. The van der Waals surface area contributed by atoms with Crippen molar-refractivity contribution in [2.24, 2.45) is 0 Å². The molecular formula is C35H43B5S. The molecule has 5 rings (SSSR count). The maximum Gasteiger partial charge on any atom is 0.139 e. The van der Waals surface area contributed by atoms with E-state index in [1.54, 1.807) is 0 Å². The number of rotatable bonds is 3. The minimum atomic E-state index is 0.0765. The lowest BCUT2D eigenvalue weighted by Crippen LogP contribution is -2.55. The molecule has 0 radical (unpaired) electrons. The zero-order valence-electron chi connectivity index (χ0n) is 27.6. The second-order valence-electron chi connectivity index (χ2n) is 14.6. The fourth-order valence-electron chi connectivity index (χ4n) is 6.55. The highest BCUT2D eigenvalue weighted by atomic mass is 32.1. The van der Waals surface area contributed by atoms with Crippen LogP contribution >= 0.6 is 11.3 Å². The molecule has 0 bridgehead atoms. The zero-order chi connectivity index (χ0) is 30.2. The number of benzene rings is 4. The van der Waals surface area contributed by atoms with Gasteiger partial charge in [-0.1, -0.05) is 103 Å². The molecule has 1 heterocycles. The highest BCUT2D eigenvalue weighted by molar-refractivity contribution is 7.26. The van der Waals surface area contributed by atoms with Crippen LogP contribution in [0, 0.1) is 0 Å². The Labute approximate surface area is 256 Å². The first kappa shape index (κ1) is 29.9.